The van der Waals surface area contributed by atoms with Crippen molar-refractivity contribution in [1.82, 2.24) is 0 Å². The SMILES string of the molecule is CC(CCO)Nc1ccc(C(N)=O)cc1N. The van der Waals surface area contributed by atoms with E-state index in [1.54, 1.807) is 12.1 Å². The molecule has 0 spiro atoms. The van der Waals surface area contributed by atoms with E-state index in [0.717, 1.165) is 5.69 Å². The van der Waals surface area contributed by atoms with Crippen molar-refractivity contribution in [3.63, 3.8) is 0 Å². The van der Waals surface area contributed by atoms with Gasteiger partial charge < -0.3 is 21.9 Å². The summed E-state index contributed by atoms with van der Waals surface area (Å²) in [4.78, 5) is 10.9. The van der Waals surface area contributed by atoms with E-state index in [1.165, 1.54) is 6.07 Å². The molecule has 5 nitrogen and oxygen atoms in total. The van der Waals surface area contributed by atoms with E-state index < -0.39 is 5.91 Å². The Morgan fingerprint density at radius 3 is 2.75 bits per heavy atom. The van der Waals surface area contributed by atoms with Crippen LogP contribution in [0.1, 0.15) is 23.7 Å². The fourth-order valence-electron chi connectivity index (χ4n) is 1.38. The average Bonchev–Trinajstić information content (AvgIpc) is 2.21. The molecule has 0 aliphatic carbocycles. The number of primary amides is 1. The Bertz CT molecular complexity index is 379. The molecule has 1 unspecified atom stereocenters. The van der Waals surface area contributed by atoms with E-state index in [0.29, 0.717) is 17.7 Å². The third-order valence-corrected chi connectivity index (χ3v) is 2.30. The van der Waals surface area contributed by atoms with E-state index in [4.69, 9.17) is 16.6 Å². The lowest BCUT2D eigenvalue weighted by Gasteiger charge is -2.16. The minimum Gasteiger partial charge on any atom is -0.397 e. The highest BCUT2D eigenvalue weighted by Gasteiger charge is 2.07. The van der Waals surface area contributed by atoms with Gasteiger partial charge in [-0.2, -0.15) is 0 Å². The van der Waals surface area contributed by atoms with Gasteiger partial charge in [-0.3, -0.25) is 4.79 Å². The molecule has 1 aromatic carbocycles. The third kappa shape index (κ3) is 3.13. The predicted molar refractivity (Wildman–Crippen MR) is 64.2 cm³/mol. The molecule has 0 fully saturated rings. The summed E-state index contributed by atoms with van der Waals surface area (Å²) >= 11 is 0. The van der Waals surface area contributed by atoms with E-state index in [2.05, 4.69) is 5.32 Å². The monoisotopic (exact) mass is 223 g/mol. The molecule has 1 atom stereocenters. The van der Waals surface area contributed by atoms with Crippen molar-refractivity contribution in [2.45, 2.75) is 19.4 Å². The van der Waals surface area contributed by atoms with Gasteiger partial charge in [-0.25, -0.2) is 0 Å². The zero-order valence-corrected chi connectivity index (χ0v) is 9.23. The highest BCUT2D eigenvalue weighted by molar-refractivity contribution is 5.94. The lowest BCUT2D eigenvalue weighted by Crippen LogP contribution is -2.18. The number of aliphatic hydroxyl groups is 1. The number of amides is 1. The summed E-state index contributed by atoms with van der Waals surface area (Å²) in [6, 6.07) is 4.98. The Morgan fingerprint density at radius 1 is 1.56 bits per heavy atom. The molecule has 0 saturated heterocycles. The fraction of sp³-hybridized carbons (Fsp3) is 0.364. The molecule has 1 amide bonds. The molecule has 0 aliphatic rings. The molecular weight excluding hydrogens is 206 g/mol. The predicted octanol–water partition coefficient (Wildman–Crippen LogP) is 0.550. The van der Waals surface area contributed by atoms with Gasteiger partial charge in [0.05, 0.1) is 11.4 Å². The Morgan fingerprint density at radius 2 is 2.25 bits per heavy atom. The minimum atomic E-state index is -0.498. The number of anilines is 2. The van der Waals surface area contributed by atoms with Gasteiger partial charge in [-0.15, -0.1) is 0 Å². The number of nitrogen functional groups attached to an aromatic ring is 1. The first-order chi connectivity index (χ1) is 7.54. The first-order valence-corrected chi connectivity index (χ1v) is 5.11. The number of carbonyl (C=O) groups is 1. The smallest absolute Gasteiger partial charge is 0.248 e. The second-order valence-corrected chi connectivity index (χ2v) is 3.72. The van der Waals surface area contributed by atoms with E-state index in [-0.39, 0.29) is 12.6 Å². The van der Waals surface area contributed by atoms with Crippen LogP contribution in [0.25, 0.3) is 0 Å². The number of carbonyl (C=O) groups excluding carboxylic acids is 1. The summed E-state index contributed by atoms with van der Waals surface area (Å²) < 4.78 is 0. The number of benzene rings is 1. The number of aliphatic hydroxyl groups excluding tert-OH is 1. The van der Waals surface area contributed by atoms with E-state index in [1.807, 2.05) is 6.92 Å². The molecule has 88 valence electrons. The van der Waals surface area contributed by atoms with Crippen molar-refractivity contribution < 1.29 is 9.90 Å². The molecule has 0 aliphatic heterocycles. The topological polar surface area (TPSA) is 101 Å². The molecule has 1 rings (SSSR count). The summed E-state index contributed by atoms with van der Waals surface area (Å²) in [6.07, 6.45) is 0.636. The van der Waals surface area contributed by atoms with Crippen molar-refractivity contribution >= 4 is 17.3 Å². The Hall–Kier alpha value is -1.75. The Balaban J connectivity index is 2.79. The molecule has 0 radical (unpaired) electrons. The highest BCUT2D eigenvalue weighted by Crippen LogP contribution is 2.20. The van der Waals surface area contributed by atoms with Crippen LogP contribution >= 0.6 is 0 Å². The lowest BCUT2D eigenvalue weighted by atomic mass is 10.1. The number of hydrogen-bond acceptors (Lipinski definition) is 4. The molecule has 1 aromatic rings. The van der Waals surface area contributed by atoms with Gasteiger partial charge in [0.15, 0.2) is 0 Å². The zero-order valence-electron chi connectivity index (χ0n) is 9.23. The second kappa shape index (κ2) is 5.37. The van der Waals surface area contributed by atoms with Crippen LogP contribution in [0.3, 0.4) is 0 Å². The first kappa shape index (κ1) is 12.3. The zero-order chi connectivity index (χ0) is 12.1. The van der Waals surface area contributed by atoms with Crippen LogP contribution in [0, 0.1) is 0 Å². The van der Waals surface area contributed by atoms with Crippen molar-refractivity contribution in [1.29, 1.82) is 0 Å². The van der Waals surface area contributed by atoms with Gasteiger partial charge in [0, 0.05) is 18.2 Å². The van der Waals surface area contributed by atoms with Crippen LogP contribution < -0.4 is 16.8 Å². The maximum Gasteiger partial charge on any atom is 0.248 e. The Kier molecular flexibility index (Phi) is 4.13. The number of nitrogens with two attached hydrogens (primary N) is 2. The minimum absolute atomic E-state index is 0.117. The van der Waals surface area contributed by atoms with Gasteiger partial charge in [0.2, 0.25) is 5.91 Å². The first-order valence-electron chi connectivity index (χ1n) is 5.11. The van der Waals surface area contributed by atoms with Gasteiger partial charge in [0.25, 0.3) is 0 Å². The molecule has 0 bridgehead atoms. The maximum absolute atomic E-state index is 10.9. The standard InChI is InChI=1S/C11H17N3O2/c1-7(4-5-15)14-10-3-2-8(11(13)16)6-9(10)12/h2-3,6-7,14-15H,4-5,12H2,1H3,(H2,13,16). The van der Waals surface area contributed by atoms with Crippen molar-refractivity contribution in [3.8, 4) is 0 Å². The molecule has 0 heterocycles. The number of nitrogens with one attached hydrogen (secondary N) is 1. The summed E-state index contributed by atoms with van der Waals surface area (Å²) in [7, 11) is 0. The quantitative estimate of drug-likeness (QED) is 0.547. The van der Waals surface area contributed by atoms with Crippen LogP contribution in [-0.2, 0) is 0 Å². The lowest BCUT2D eigenvalue weighted by molar-refractivity contribution is 0.100. The molecular formula is C11H17N3O2. The molecule has 6 N–H and O–H groups in total. The van der Waals surface area contributed by atoms with E-state index >= 15 is 0 Å². The molecule has 5 heteroatoms. The van der Waals surface area contributed by atoms with Crippen molar-refractivity contribution in [3.05, 3.63) is 23.8 Å². The largest absolute Gasteiger partial charge is 0.397 e. The molecule has 16 heavy (non-hydrogen) atoms. The summed E-state index contributed by atoms with van der Waals surface area (Å²) in [5.74, 6) is -0.498. The van der Waals surface area contributed by atoms with Crippen molar-refractivity contribution in [2.75, 3.05) is 17.7 Å². The second-order valence-electron chi connectivity index (χ2n) is 3.72. The van der Waals surface area contributed by atoms with Crippen molar-refractivity contribution in [2.24, 2.45) is 5.73 Å². The average molecular weight is 223 g/mol. The van der Waals surface area contributed by atoms with Crippen LogP contribution in [0.15, 0.2) is 18.2 Å². The molecule has 0 saturated carbocycles. The van der Waals surface area contributed by atoms with Gasteiger partial charge in [-0.05, 0) is 31.5 Å². The molecule has 0 aromatic heterocycles. The third-order valence-electron chi connectivity index (χ3n) is 2.30. The normalized spacial score (nSPS) is 12.1. The van der Waals surface area contributed by atoms with E-state index in [9.17, 15) is 4.79 Å². The maximum atomic E-state index is 10.9. The number of rotatable bonds is 5. The summed E-state index contributed by atoms with van der Waals surface area (Å²) in [5.41, 5.74) is 12.5. The van der Waals surface area contributed by atoms with Gasteiger partial charge in [-0.1, -0.05) is 0 Å². The Labute approximate surface area is 94.4 Å². The fourth-order valence-corrected chi connectivity index (χ4v) is 1.38. The summed E-state index contributed by atoms with van der Waals surface area (Å²) in [5, 5.41) is 11.9. The van der Waals surface area contributed by atoms with Crippen LogP contribution in [-0.4, -0.2) is 23.7 Å². The highest BCUT2D eigenvalue weighted by atomic mass is 16.3. The van der Waals surface area contributed by atoms with Gasteiger partial charge in [0.1, 0.15) is 0 Å². The van der Waals surface area contributed by atoms with Crippen LogP contribution in [0.5, 0.6) is 0 Å². The van der Waals surface area contributed by atoms with Crippen LogP contribution in [0.2, 0.25) is 0 Å². The summed E-state index contributed by atoms with van der Waals surface area (Å²) in [6.45, 7) is 2.06. The van der Waals surface area contributed by atoms with Crippen LogP contribution in [0.4, 0.5) is 11.4 Å². The van der Waals surface area contributed by atoms with Gasteiger partial charge >= 0.3 is 0 Å². The number of hydrogen-bond donors (Lipinski definition) is 4.